The molecule has 8 heteroatoms. The molecule has 2 N–H and O–H groups in total. The van der Waals surface area contributed by atoms with Gasteiger partial charge in [-0.05, 0) is 66.6 Å². The minimum Gasteiger partial charge on any atom is -0.488 e. The zero-order valence-corrected chi connectivity index (χ0v) is 19.1. The van der Waals surface area contributed by atoms with Crippen molar-refractivity contribution in [3.63, 3.8) is 0 Å². The van der Waals surface area contributed by atoms with Crippen molar-refractivity contribution in [1.29, 1.82) is 0 Å². The Labute approximate surface area is 190 Å². The molecular weight excluding hydrogens is 517 g/mol. The molecule has 0 aliphatic rings. The van der Waals surface area contributed by atoms with E-state index in [-0.39, 0.29) is 12.4 Å². The van der Waals surface area contributed by atoms with E-state index in [0.29, 0.717) is 22.6 Å². The number of rotatable bonds is 6. The minimum atomic E-state index is -0.467. The Morgan fingerprint density at radius 3 is 2.73 bits per heavy atom. The summed E-state index contributed by atoms with van der Waals surface area (Å²) in [5.74, 6) is 0.238. The van der Waals surface area contributed by atoms with Crippen molar-refractivity contribution in [1.82, 2.24) is 5.43 Å². The van der Waals surface area contributed by atoms with Gasteiger partial charge < -0.3 is 10.1 Å². The Kier molecular flexibility index (Phi) is 7.59. The van der Waals surface area contributed by atoms with Gasteiger partial charge in [0.1, 0.15) is 18.2 Å². The van der Waals surface area contributed by atoms with Crippen LogP contribution in [-0.4, -0.2) is 12.2 Å². The molecule has 0 heterocycles. The summed E-state index contributed by atoms with van der Waals surface area (Å²) < 4.78 is 20.9. The number of hydrogen-bond acceptors (Lipinski definition) is 3. The number of hydrazone groups is 1. The van der Waals surface area contributed by atoms with Crippen LogP contribution in [0.2, 0.25) is 0 Å². The van der Waals surface area contributed by atoms with Crippen LogP contribution in [0, 0.1) is 12.7 Å². The van der Waals surface area contributed by atoms with Gasteiger partial charge in [-0.15, -0.1) is 0 Å². The Morgan fingerprint density at radius 1 is 1.13 bits per heavy atom. The molecule has 0 fully saturated rings. The molecule has 0 spiro atoms. The normalized spacial score (nSPS) is 10.8. The Morgan fingerprint density at radius 2 is 1.97 bits per heavy atom. The van der Waals surface area contributed by atoms with Crippen molar-refractivity contribution in [2.75, 3.05) is 5.32 Å². The fourth-order valence-corrected chi connectivity index (χ4v) is 3.21. The fraction of sp³-hybridized carbons (Fsp3) is 0.0909. The molecule has 2 amide bonds. The van der Waals surface area contributed by atoms with E-state index >= 15 is 0 Å². The van der Waals surface area contributed by atoms with E-state index in [1.807, 2.05) is 31.2 Å². The molecule has 0 aliphatic heterocycles. The molecule has 0 aromatic heterocycles. The van der Waals surface area contributed by atoms with Crippen LogP contribution in [0.5, 0.6) is 5.75 Å². The van der Waals surface area contributed by atoms with Crippen molar-refractivity contribution in [2.45, 2.75) is 13.5 Å². The molecule has 0 atom stereocenters. The van der Waals surface area contributed by atoms with Crippen molar-refractivity contribution >= 4 is 49.8 Å². The van der Waals surface area contributed by atoms with Crippen LogP contribution in [-0.2, 0) is 6.61 Å². The van der Waals surface area contributed by atoms with E-state index in [1.165, 1.54) is 18.3 Å². The average molecular weight is 535 g/mol. The van der Waals surface area contributed by atoms with Gasteiger partial charge in [0.2, 0.25) is 0 Å². The lowest BCUT2D eigenvalue weighted by Gasteiger charge is -2.10. The molecular formula is C22H18Br2FN3O2. The number of amides is 2. The first kappa shape index (κ1) is 22.0. The zero-order valence-electron chi connectivity index (χ0n) is 16.0. The van der Waals surface area contributed by atoms with Gasteiger partial charge in [0.15, 0.2) is 0 Å². The highest BCUT2D eigenvalue weighted by Gasteiger charge is 2.06. The van der Waals surface area contributed by atoms with Crippen LogP contribution in [0.1, 0.15) is 16.7 Å². The monoisotopic (exact) mass is 533 g/mol. The molecule has 3 aromatic rings. The number of nitrogens with zero attached hydrogens (tertiary/aromatic N) is 1. The highest BCUT2D eigenvalue weighted by molar-refractivity contribution is 9.10. The van der Waals surface area contributed by atoms with E-state index < -0.39 is 6.03 Å². The highest BCUT2D eigenvalue weighted by atomic mass is 79.9. The van der Waals surface area contributed by atoms with Crippen molar-refractivity contribution in [2.24, 2.45) is 5.10 Å². The lowest BCUT2D eigenvalue weighted by Crippen LogP contribution is -2.24. The second-order valence-electron chi connectivity index (χ2n) is 6.39. The van der Waals surface area contributed by atoms with E-state index in [9.17, 15) is 9.18 Å². The van der Waals surface area contributed by atoms with Crippen LogP contribution >= 0.6 is 31.9 Å². The summed E-state index contributed by atoms with van der Waals surface area (Å²) in [5, 5.41) is 6.70. The molecule has 3 aromatic carbocycles. The number of hydrogen-bond donors (Lipinski definition) is 2. The third-order valence-electron chi connectivity index (χ3n) is 4.04. The fourth-order valence-electron chi connectivity index (χ4n) is 2.58. The molecule has 154 valence electrons. The van der Waals surface area contributed by atoms with Gasteiger partial charge in [0.25, 0.3) is 0 Å². The lowest BCUT2D eigenvalue weighted by molar-refractivity contribution is 0.252. The molecule has 0 unspecified atom stereocenters. The number of ether oxygens (including phenoxy) is 1. The summed E-state index contributed by atoms with van der Waals surface area (Å²) in [7, 11) is 0. The number of benzene rings is 3. The van der Waals surface area contributed by atoms with E-state index in [1.54, 1.807) is 24.3 Å². The molecule has 0 radical (unpaired) electrons. The van der Waals surface area contributed by atoms with E-state index in [0.717, 1.165) is 14.5 Å². The smallest absolute Gasteiger partial charge is 0.339 e. The number of anilines is 1. The molecule has 3 rings (SSSR count). The summed E-state index contributed by atoms with van der Waals surface area (Å²) in [6.45, 7) is 2.14. The molecule has 0 saturated carbocycles. The predicted octanol–water partition coefficient (Wildman–Crippen LogP) is 6.39. The molecule has 0 aliphatic carbocycles. The Balaban J connectivity index is 1.63. The molecule has 0 saturated heterocycles. The van der Waals surface area contributed by atoms with Crippen LogP contribution in [0.25, 0.3) is 0 Å². The zero-order chi connectivity index (χ0) is 21.5. The maximum absolute atomic E-state index is 13.3. The minimum absolute atomic E-state index is 0.205. The predicted molar refractivity (Wildman–Crippen MR) is 124 cm³/mol. The van der Waals surface area contributed by atoms with E-state index in [4.69, 9.17) is 4.74 Å². The maximum Gasteiger partial charge on any atom is 0.339 e. The second kappa shape index (κ2) is 10.4. The van der Waals surface area contributed by atoms with E-state index in [2.05, 4.69) is 47.7 Å². The quantitative estimate of drug-likeness (QED) is 0.284. The van der Waals surface area contributed by atoms with Gasteiger partial charge in [0, 0.05) is 20.2 Å². The topological polar surface area (TPSA) is 62.7 Å². The molecule has 5 nitrogen and oxygen atoms in total. The lowest BCUT2D eigenvalue weighted by atomic mass is 10.2. The first-order valence-electron chi connectivity index (χ1n) is 8.94. The van der Waals surface area contributed by atoms with Crippen LogP contribution < -0.4 is 15.5 Å². The van der Waals surface area contributed by atoms with Gasteiger partial charge in [-0.2, -0.15) is 5.10 Å². The molecule has 30 heavy (non-hydrogen) atoms. The van der Waals surface area contributed by atoms with Gasteiger partial charge in [0.05, 0.1) is 6.21 Å². The number of carbonyl (C=O) groups excluding carboxylic acids is 1. The third-order valence-corrected chi connectivity index (χ3v) is 5.42. The number of urea groups is 1. The Hall–Kier alpha value is -2.71. The maximum atomic E-state index is 13.3. The number of nitrogens with one attached hydrogen (secondary N) is 2. The Bertz CT molecular complexity index is 1090. The number of aryl methyl sites for hydroxylation is 1. The first-order valence-corrected chi connectivity index (χ1v) is 10.5. The van der Waals surface area contributed by atoms with Gasteiger partial charge >= 0.3 is 6.03 Å². The van der Waals surface area contributed by atoms with Gasteiger partial charge in [-0.1, -0.05) is 44.0 Å². The van der Waals surface area contributed by atoms with Gasteiger partial charge in [-0.3, -0.25) is 0 Å². The summed E-state index contributed by atoms with van der Waals surface area (Å²) in [6.07, 6.45) is 1.48. The summed E-state index contributed by atoms with van der Waals surface area (Å²) in [5.41, 5.74) is 5.46. The van der Waals surface area contributed by atoms with Crippen molar-refractivity contribution in [3.8, 4) is 5.75 Å². The number of halogens is 3. The number of carbonyl (C=O) groups is 1. The highest BCUT2D eigenvalue weighted by Crippen LogP contribution is 2.23. The van der Waals surface area contributed by atoms with Crippen molar-refractivity contribution < 1.29 is 13.9 Å². The largest absolute Gasteiger partial charge is 0.488 e. The van der Waals surface area contributed by atoms with Crippen LogP contribution in [0.3, 0.4) is 0 Å². The summed E-state index contributed by atoms with van der Waals surface area (Å²) in [6, 6.07) is 16.6. The standard InChI is InChI=1S/C22H18Br2FN3O2/c1-14-9-19(6-7-20(14)24)27-22(29)28-26-12-16-11-17(23)5-8-21(16)30-13-15-3-2-4-18(25)10-15/h2-12H,13H2,1H3,(H2,27,28,29)/b26-12+. The van der Waals surface area contributed by atoms with Crippen molar-refractivity contribution in [3.05, 3.63) is 92.1 Å². The average Bonchev–Trinajstić information content (AvgIpc) is 2.70. The summed E-state index contributed by atoms with van der Waals surface area (Å²) in [4.78, 5) is 12.1. The summed E-state index contributed by atoms with van der Waals surface area (Å²) >= 11 is 6.83. The van der Waals surface area contributed by atoms with Crippen LogP contribution in [0.15, 0.2) is 74.7 Å². The molecule has 0 bridgehead atoms. The second-order valence-corrected chi connectivity index (χ2v) is 8.16. The SMILES string of the molecule is Cc1cc(NC(=O)N/N=C/c2cc(Br)ccc2OCc2cccc(F)c2)ccc1Br. The van der Waals surface area contributed by atoms with Gasteiger partial charge in [-0.25, -0.2) is 14.6 Å². The van der Waals surface area contributed by atoms with Crippen LogP contribution in [0.4, 0.5) is 14.9 Å². The third kappa shape index (κ3) is 6.40. The first-order chi connectivity index (χ1) is 14.4.